The lowest BCUT2D eigenvalue weighted by molar-refractivity contribution is 0.0381. The molecular formula is C17H21ClN4O2. The zero-order chi connectivity index (χ0) is 17.5. The number of aryl methyl sites for hydroxylation is 1. The summed E-state index contributed by atoms with van der Waals surface area (Å²) in [4.78, 5) is 14.4. The largest absolute Gasteiger partial charge is 0.381 e. The number of hydrogen-bond acceptors (Lipinski definition) is 4. The van der Waals surface area contributed by atoms with Crippen LogP contribution >= 0.6 is 11.6 Å². The Bertz CT molecular complexity index is 774. The van der Waals surface area contributed by atoms with Gasteiger partial charge in [0.2, 0.25) is 0 Å². The molecule has 0 bridgehead atoms. The van der Waals surface area contributed by atoms with Crippen molar-refractivity contribution in [2.45, 2.75) is 38.8 Å². The van der Waals surface area contributed by atoms with E-state index in [-0.39, 0.29) is 18.5 Å². The minimum atomic E-state index is -1.16. The molecule has 1 fully saturated rings. The maximum Gasteiger partial charge on any atom is 0.254 e. The van der Waals surface area contributed by atoms with E-state index >= 15 is 0 Å². The first-order valence-electron chi connectivity index (χ1n) is 8.00. The Morgan fingerprint density at radius 3 is 2.83 bits per heavy atom. The van der Waals surface area contributed by atoms with E-state index in [1.165, 1.54) is 0 Å². The molecule has 0 radical (unpaired) electrons. The van der Waals surface area contributed by atoms with Crippen LogP contribution in [0.2, 0.25) is 5.02 Å². The van der Waals surface area contributed by atoms with E-state index in [1.807, 2.05) is 26.8 Å². The molecular weight excluding hydrogens is 328 g/mol. The molecule has 2 aromatic rings. The first-order chi connectivity index (χ1) is 11.3. The van der Waals surface area contributed by atoms with E-state index in [0.29, 0.717) is 29.2 Å². The molecule has 128 valence electrons. The summed E-state index contributed by atoms with van der Waals surface area (Å²) in [7, 11) is 0. The van der Waals surface area contributed by atoms with Crippen molar-refractivity contribution in [3.8, 4) is 0 Å². The van der Waals surface area contributed by atoms with Crippen molar-refractivity contribution in [2.75, 3.05) is 13.1 Å². The minimum absolute atomic E-state index is 0.123. The Morgan fingerprint density at radius 1 is 1.42 bits per heavy atom. The number of carbonyl (C=O) groups is 1. The SMILES string of the molecule is Cc1ccc(Cl)cc1C(=O)N1CC[C@](O)(c2cn(C(C)C)nn2)C1. The summed E-state index contributed by atoms with van der Waals surface area (Å²) < 4.78 is 1.71. The lowest BCUT2D eigenvalue weighted by atomic mass is 10.00. The zero-order valence-electron chi connectivity index (χ0n) is 14.0. The molecule has 1 aromatic heterocycles. The van der Waals surface area contributed by atoms with Gasteiger partial charge < -0.3 is 10.0 Å². The van der Waals surface area contributed by atoms with Gasteiger partial charge in [0, 0.05) is 29.6 Å². The molecule has 6 nitrogen and oxygen atoms in total. The molecule has 3 rings (SSSR count). The monoisotopic (exact) mass is 348 g/mol. The van der Waals surface area contributed by atoms with Crippen LogP contribution in [0.15, 0.2) is 24.4 Å². The molecule has 7 heteroatoms. The van der Waals surface area contributed by atoms with Gasteiger partial charge in [-0.15, -0.1) is 5.10 Å². The summed E-state index contributed by atoms with van der Waals surface area (Å²) in [6.45, 7) is 6.54. The average molecular weight is 349 g/mol. The number of hydrogen-bond donors (Lipinski definition) is 1. The standard InChI is InChI=1S/C17H21ClN4O2/c1-11(2)22-9-15(19-20-22)17(24)6-7-21(10-17)16(23)14-8-13(18)5-4-12(14)3/h4-5,8-9,11,24H,6-7,10H2,1-3H3/t17-/m1/s1. The van der Waals surface area contributed by atoms with E-state index in [9.17, 15) is 9.90 Å². The summed E-state index contributed by atoms with van der Waals surface area (Å²) >= 11 is 6.01. The molecule has 1 aliphatic rings. The van der Waals surface area contributed by atoms with Gasteiger partial charge in [-0.2, -0.15) is 0 Å². The van der Waals surface area contributed by atoms with Crippen LogP contribution in [-0.4, -0.2) is 44.0 Å². The van der Waals surface area contributed by atoms with Crippen molar-refractivity contribution in [3.63, 3.8) is 0 Å². The van der Waals surface area contributed by atoms with Crippen molar-refractivity contribution < 1.29 is 9.90 Å². The fraction of sp³-hybridized carbons (Fsp3) is 0.471. The number of amides is 1. The van der Waals surface area contributed by atoms with E-state index in [2.05, 4.69) is 10.3 Å². The molecule has 0 unspecified atom stereocenters. The normalized spacial score (nSPS) is 20.8. The summed E-state index contributed by atoms with van der Waals surface area (Å²) in [6, 6.07) is 5.43. The van der Waals surface area contributed by atoms with Crippen LogP contribution in [0.4, 0.5) is 0 Å². The van der Waals surface area contributed by atoms with Gasteiger partial charge in [0.05, 0.1) is 12.7 Å². The van der Waals surface area contributed by atoms with Gasteiger partial charge in [0.15, 0.2) is 0 Å². The van der Waals surface area contributed by atoms with Gasteiger partial charge in [-0.25, -0.2) is 4.68 Å². The maximum absolute atomic E-state index is 12.8. The van der Waals surface area contributed by atoms with Crippen molar-refractivity contribution in [1.82, 2.24) is 19.9 Å². The van der Waals surface area contributed by atoms with Gasteiger partial charge >= 0.3 is 0 Å². The van der Waals surface area contributed by atoms with Crippen molar-refractivity contribution in [3.05, 3.63) is 46.2 Å². The molecule has 24 heavy (non-hydrogen) atoms. The van der Waals surface area contributed by atoms with Crippen LogP contribution in [0.1, 0.15) is 47.9 Å². The Hall–Kier alpha value is -1.92. The molecule has 0 saturated carbocycles. The Morgan fingerprint density at radius 2 is 2.17 bits per heavy atom. The molecule has 1 aromatic carbocycles. The average Bonchev–Trinajstić information content (AvgIpc) is 3.17. The third-order valence-electron chi connectivity index (χ3n) is 4.48. The van der Waals surface area contributed by atoms with E-state index in [4.69, 9.17) is 11.6 Å². The Balaban J connectivity index is 1.81. The lowest BCUT2D eigenvalue weighted by Crippen LogP contribution is -2.35. The number of likely N-dealkylation sites (tertiary alicyclic amines) is 1. The van der Waals surface area contributed by atoms with E-state index in [1.54, 1.807) is 27.9 Å². The number of carbonyl (C=O) groups excluding carboxylic acids is 1. The molecule has 2 heterocycles. The van der Waals surface area contributed by atoms with E-state index < -0.39 is 5.60 Å². The predicted octanol–water partition coefficient (Wildman–Crippen LogP) is 2.55. The number of aromatic nitrogens is 3. The highest BCUT2D eigenvalue weighted by Gasteiger charge is 2.42. The van der Waals surface area contributed by atoms with Gasteiger partial charge in [0.25, 0.3) is 5.91 Å². The fourth-order valence-electron chi connectivity index (χ4n) is 2.91. The first-order valence-corrected chi connectivity index (χ1v) is 8.38. The first kappa shape index (κ1) is 16.9. The molecule has 1 aliphatic heterocycles. The number of rotatable bonds is 3. The van der Waals surface area contributed by atoms with Crippen LogP contribution in [0.3, 0.4) is 0 Å². The van der Waals surface area contributed by atoms with Crippen LogP contribution in [-0.2, 0) is 5.60 Å². The molecule has 1 amide bonds. The van der Waals surface area contributed by atoms with E-state index in [0.717, 1.165) is 5.56 Å². The van der Waals surface area contributed by atoms with Crippen molar-refractivity contribution >= 4 is 17.5 Å². The summed E-state index contributed by atoms with van der Waals surface area (Å²) in [5.74, 6) is -0.123. The summed E-state index contributed by atoms with van der Waals surface area (Å²) in [6.07, 6.45) is 2.19. The zero-order valence-corrected chi connectivity index (χ0v) is 14.8. The minimum Gasteiger partial charge on any atom is -0.381 e. The highest BCUT2D eigenvalue weighted by molar-refractivity contribution is 6.31. The summed E-state index contributed by atoms with van der Waals surface area (Å²) in [5, 5.41) is 19.6. The van der Waals surface area contributed by atoms with Gasteiger partial charge in [-0.05, 0) is 38.5 Å². The Kier molecular flexibility index (Phi) is 4.36. The van der Waals surface area contributed by atoms with Crippen molar-refractivity contribution in [2.24, 2.45) is 0 Å². The second-order valence-electron chi connectivity index (χ2n) is 6.65. The number of aliphatic hydroxyl groups is 1. The third-order valence-corrected chi connectivity index (χ3v) is 4.72. The molecule has 1 N–H and O–H groups in total. The second kappa shape index (κ2) is 6.18. The fourth-order valence-corrected chi connectivity index (χ4v) is 3.09. The van der Waals surface area contributed by atoms with Crippen LogP contribution in [0.25, 0.3) is 0 Å². The van der Waals surface area contributed by atoms with Crippen molar-refractivity contribution in [1.29, 1.82) is 0 Å². The maximum atomic E-state index is 12.8. The second-order valence-corrected chi connectivity index (χ2v) is 7.08. The van der Waals surface area contributed by atoms with Gasteiger partial charge in [0.1, 0.15) is 11.3 Å². The highest BCUT2D eigenvalue weighted by atomic mass is 35.5. The Labute approximate surface area is 146 Å². The summed E-state index contributed by atoms with van der Waals surface area (Å²) in [5.41, 5.74) is 0.785. The van der Waals surface area contributed by atoms with Gasteiger partial charge in [-0.3, -0.25) is 4.79 Å². The predicted molar refractivity (Wildman–Crippen MR) is 91.0 cm³/mol. The molecule has 1 saturated heterocycles. The topological polar surface area (TPSA) is 71.2 Å². The van der Waals surface area contributed by atoms with Crippen LogP contribution in [0.5, 0.6) is 0 Å². The lowest BCUT2D eigenvalue weighted by Gasteiger charge is -2.21. The molecule has 0 aliphatic carbocycles. The van der Waals surface area contributed by atoms with Crippen LogP contribution < -0.4 is 0 Å². The highest BCUT2D eigenvalue weighted by Crippen LogP contribution is 2.32. The number of nitrogens with zero attached hydrogens (tertiary/aromatic N) is 4. The smallest absolute Gasteiger partial charge is 0.254 e. The molecule has 0 spiro atoms. The number of halogens is 1. The molecule has 1 atom stereocenters. The van der Waals surface area contributed by atoms with Gasteiger partial charge in [-0.1, -0.05) is 22.9 Å². The number of benzene rings is 1. The van der Waals surface area contributed by atoms with Crippen LogP contribution in [0, 0.1) is 6.92 Å². The quantitative estimate of drug-likeness (QED) is 0.925. The third kappa shape index (κ3) is 3.03. The number of β-amino-alcohol motifs (C(OH)–C–C–N with tert-alkyl or cyclic N) is 1.